The second kappa shape index (κ2) is 6.14. The van der Waals surface area contributed by atoms with Gasteiger partial charge in [-0.05, 0) is 48.1 Å². The summed E-state index contributed by atoms with van der Waals surface area (Å²) in [6.07, 6.45) is 1.91. The van der Waals surface area contributed by atoms with Crippen LogP contribution in [0, 0.1) is 5.92 Å². The quantitative estimate of drug-likeness (QED) is 0.888. The predicted molar refractivity (Wildman–Crippen MR) is 94.6 cm³/mol. The lowest BCUT2D eigenvalue weighted by molar-refractivity contribution is -0.122. The minimum Gasteiger partial charge on any atom is -0.497 e. The number of ether oxygens (including phenoxy) is 1. The van der Waals surface area contributed by atoms with Crippen LogP contribution >= 0.6 is 11.6 Å². The minimum absolute atomic E-state index is 0.103. The Bertz CT molecular complexity index is 758. The number of halogens is 1. The molecule has 0 aromatic heterocycles. The van der Waals surface area contributed by atoms with Crippen LogP contribution in [0.1, 0.15) is 35.8 Å². The number of carbonyl (C=O) groups is 1. The highest BCUT2D eigenvalue weighted by Crippen LogP contribution is 2.49. The first-order valence-corrected chi connectivity index (χ1v) is 8.74. The van der Waals surface area contributed by atoms with E-state index in [0.717, 1.165) is 29.2 Å². The van der Waals surface area contributed by atoms with E-state index in [0.29, 0.717) is 11.8 Å². The van der Waals surface area contributed by atoms with Gasteiger partial charge in [0.1, 0.15) is 5.75 Å². The molecule has 24 heavy (non-hydrogen) atoms. The van der Waals surface area contributed by atoms with Crippen LogP contribution in [0.15, 0.2) is 48.5 Å². The molecule has 0 aliphatic heterocycles. The van der Waals surface area contributed by atoms with Gasteiger partial charge in [-0.2, -0.15) is 0 Å². The van der Waals surface area contributed by atoms with Gasteiger partial charge in [-0.25, -0.2) is 0 Å². The number of methoxy groups -OCH3 is 1. The fourth-order valence-electron chi connectivity index (χ4n) is 3.47. The first-order chi connectivity index (χ1) is 11.7. The average Bonchev–Trinajstić information content (AvgIpc) is 3.50. The Balaban J connectivity index is 1.33. The van der Waals surface area contributed by atoms with Crippen molar-refractivity contribution >= 4 is 17.5 Å². The number of nitrogens with one attached hydrogen (secondary N) is 1. The molecule has 4 heteroatoms. The zero-order valence-electron chi connectivity index (χ0n) is 13.5. The third-order valence-corrected chi connectivity index (χ3v) is 5.44. The van der Waals surface area contributed by atoms with E-state index in [1.54, 1.807) is 7.11 Å². The largest absolute Gasteiger partial charge is 0.497 e. The molecule has 0 bridgehead atoms. The van der Waals surface area contributed by atoms with Gasteiger partial charge in [-0.15, -0.1) is 0 Å². The molecule has 2 aromatic rings. The lowest BCUT2D eigenvalue weighted by Crippen LogP contribution is -2.28. The molecule has 0 radical (unpaired) electrons. The van der Waals surface area contributed by atoms with Crippen LogP contribution in [0.3, 0.4) is 0 Å². The van der Waals surface area contributed by atoms with E-state index in [4.69, 9.17) is 16.3 Å². The first kappa shape index (κ1) is 15.5. The SMILES string of the molecule is COc1ccc([C@@H]2C[C@@H]2C(=O)N[C@@H]2C[C@@H]2c2ccccc2Cl)cc1. The highest BCUT2D eigenvalue weighted by atomic mass is 35.5. The maximum atomic E-state index is 12.5. The molecule has 0 unspecified atom stereocenters. The number of rotatable bonds is 5. The van der Waals surface area contributed by atoms with Crippen LogP contribution in [0.25, 0.3) is 0 Å². The lowest BCUT2D eigenvalue weighted by Gasteiger charge is -2.06. The first-order valence-electron chi connectivity index (χ1n) is 8.36. The second-order valence-corrected chi connectivity index (χ2v) is 7.11. The van der Waals surface area contributed by atoms with Crippen LogP contribution in [0.2, 0.25) is 5.02 Å². The molecule has 2 saturated carbocycles. The van der Waals surface area contributed by atoms with Crippen molar-refractivity contribution in [2.24, 2.45) is 5.92 Å². The second-order valence-electron chi connectivity index (χ2n) is 6.70. The van der Waals surface area contributed by atoms with E-state index in [2.05, 4.69) is 23.5 Å². The Morgan fingerprint density at radius 2 is 1.83 bits per heavy atom. The summed E-state index contributed by atoms with van der Waals surface area (Å²) in [7, 11) is 1.66. The Morgan fingerprint density at radius 1 is 1.08 bits per heavy atom. The van der Waals surface area contributed by atoms with Crippen LogP contribution in [0.4, 0.5) is 0 Å². The van der Waals surface area contributed by atoms with Gasteiger partial charge in [-0.3, -0.25) is 4.79 Å². The zero-order chi connectivity index (χ0) is 16.7. The summed E-state index contributed by atoms with van der Waals surface area (Å²) in [5.41, 5.74) is 2.36. The topological polar surface area (TPSA) is 38.3 Å². The summed E-state index contributed by atoms with van der Waals surface area (Å²) in [6.45, 7) is 0. The minimum atomic E-state index is 0.103. The van der Waals surface area contributed by atoms with Gasteiger partial charge in [0.15, 0.2) is 0 Å². The number of hydrogen-bond donors (Lipinski definition) is 1. The van der Waals surface area contributed by atoms with E-state index < -0.39 is 0 Å². The van der Waals surface area contributed by atoms with Gasteiger partial charge in [0.25, 0.3) is 0 Å². The molecule has 2 aromatic carbocycles. The lowest BCUT2D eigenvalue weighted by atomic mass is 10.1. The van der Waals surface area contributed by atoms with E-state index in [9.17, 15) is 4.79 Å². The summed E-state index contributed by atoms with van der Waals surface area (Å²) >= 11 is 6.24. The number of amides is 1. The molecule has 2 aliphatic rings. The Hall–Kier alpha value is -2.00. The molecule has 124 valence electrons. The number of carbonyl (C=O) groups excluding carboxylic acids is 1. The maximum absolute atomic E-state index is 12.5. The normalized spacial score (nSPS) is 27.4. The van der Waals surface area contributed by atoms with Crippen molar-refractivity contribution < 1.29 is 9.53 Å². The molecule has 1 N–H and O–H groups in total. The van der Waals surface area contributed by atoms with E-state index in [-0.39, 0.29) is 17.9 Å². The molecule has 0 saturated heterocycles. The number of benzene rings is 2. The Labute approximate surface area is 147 Å². The van der Waals surface area contributed by atoms with E-state index >= 15 is 0 Å². The highest BCUT2D eigenvalue weighted by molar-refractivity contribution is 6.31. The van der Waals surface area contributed by atoms with Crippen LogP contribution < -0.4 is 10.1 Å². The smallest absolute Gasteiger partial charge is 0.223 e. The van der Waals surface area contributed by atoms with E-state index in [1.807, 2.05) is 30.3 Å². The fourth-order valence-corrected chi connectivity index (χ4v) is 3.74. The molecule has 4 rings (SSSR count). The summed E-state index contributed by atoms with van der Waals surface area (Å²) < 4.78 is 5.18. The molecular formula is C20H20ClNO2. The molecule has 1 amide bonds. The van der Waals surface area contributed by atoms with Gasteiger partial charge in [-0.1, -0.05) is 41.9 Å². The molecule has 2 aliphatic carbocycles. The average molecular weight is 342 g/mol. The third kappa shape index (κ3) is 3.01. The van der Waals surface area contributed by atoms with Crippen molar-refractivity contribution in [3.63, 3.8) is 0 Å². The van der Waals surface area contributed by atoms with Crippen molar-refractivity contribution in [2.45, 2.75) is 30.7 Å². The molecule has 4 atom stereocenters. The van der Waals surface area contributed by atoms with Crippen molar-refractivity contribution in [1.82, 2.24) is 5.32 Å². The molecule has 3 nitrogen and oxygen atoms in total. The third-order valence-electron chi connectivity index (χ3n) is 5.09. The van der Waals surface area contributed by atoms with Crippen molar-refractivity contribution in [3.8, 4) is 5.75 Å². The monoisotopic (exact) mass is 341 g/mol. The summed E-state index contributed by atoms with van der Waals surface area (Å²) in [5.74, 6) is 1.83. The van der Waals surface area contributed by atoms with Crippen molar-refractivity contribution in [2.75, 3.05) is 7.11 Å². The van der Waals surface area contributed by atoms with Gasteiger partial charge < -0.3 is 10.1 Å². The molecule has 0 heterocycles. The standard InChI is InChI=1S/C20H20ClNO2/c1-24-13-8-6-12(7-9-13)15-10-17(15)20(23)22-19-11-16(19)14-4-2-3-5-18(14)21/h2-9,15-17,19H,10-11H2,1H3,(H,22,23)/t15-,16+,17-,19+/m0/s1. The maximum Gasteiger partial charge on any atom is 0.223 e. The zero-order valence-corrected chi connectivity index (χ0v) is 14.3. The summed E-state index contributed by atoms with van der Waals surface area (Å²) in [4.78, 5) is 12.5. The Kier molecular flexibility index (Phi) is 3.97. The molecule has 2 fully saturated rings. The number of hydrogen-bond acceptors (Lipinski definition) is 2. The van der Waals surface area contributed by atoms with Crippen molar-refractivity contribution in [3.05, 3.63) is 64.7 Å². The van der Waals surface area contributed by atoms with Gasteiger partial charge >= 0.3 is 0 Å². The molecular weight excluding hydrogens is 322 g/mol. The van der Waals surface area contributed by atoms with Gasteiger partial charge in [0.05, 0.1) is 7.11 Å². The fraction of sp³-hybridized carbons (Fsp3) is 0.350. The van der Waals surface area contributed by atoms with Crippen LogP contribution in [0.5, 0.6) is 5.75 Å². The van der Waals surface area contributed by atoms with E-state index in [1.165, 1.54) is 5.56 Å². The van der Waals surface area contributed by atoms with Gasteiger partial charge in [0, 0.05) is 22.9 Å². The highest BCUT2D eigenvalue weighted by Gasteiger charge is 2.47. The van der Waals surface area contributed by atoms with Crippen molar-refractivity contribution in [1.29, 1.82) is 0 Å². The van der Waals surface area contributed by atoms with Crippen LogP contribution in [-0.4, -0.2) is 19.1 Å². The predicted octanol–water partition coefficient (Wildman–Crippen LogP) is 4.12. The summed E-state index contributed by atoms with van der Waals surface area (Å²) in [5, 5.41) is 3.98. The summed E-state index contributed by atoms with van der Waals surface area (Å²) in [6, 6.07) is 16.2. The molecule has 0 spiro atoms. The Morgan fingerprint density at radius 3 is 2.54 bits per heavy atom. The van der Waals surface area contributed by atoms with Gasteiger partial charge in [0.2, 0.25) is 5.91 Å². The van der Waals surface area contributed by atoms with Crippen LogP contribution in [-0.2, 0) is 4.79 Å².